The van der Waals surface area contributed by atoms with E-state index in [2.05, 4.69) is 0 Å². The van der Waals surface area contributed by atoms with Crippen LogP contribution in [0.25, 0.3) is 0 Å². The smallest absolute Gasteiger partial charge is 0.175 e. The maximum atomic E-state index is 11.4. The number of sulfone groups is 1. The highest BCUT2D eigenvalue weighted by Gasteiger charge is 2.10. The summed E-state index contributed by atoms with van der Waals surface area (Å²) in [5.41, 5.74) is 6.67. The third-order valence-corrected chi connectivity index (χ3v) is 5.49. The first-order valence-corrected chi connectivity index (χ1v) is 8.96. The molecule has 3 nitrogen and oxygen atoms in total. The molecule has 0 aromatic heterocycles. The van der Waals surface area contributed by atoms with Crippen molar-refractivity contribution >= 4 is 33.2 Å². The zero-order chi connectivity index (χ0) is 14.8. The maximum absolute atomic E-state index is 11.4. The third kappa shape index (κ3) is 3.55. The van der Waals surface area contributed by atoms with Gasteiger partial charge >= 0.3 is 0 Å². The summed E-state index contributed by atoms with van der Waals surface area (Å²) in [4.78, 5) is 2.13. The Kier molecular flexibility index (Phi) is 4.75. The van der Waals surface area contributed by atoms with Gasteiger partial charge in [0.05, 0.1) is 9.92 Å². The fourth-order valence-corrected chi connectivity index (χ4v) is 3.60. The first-order valence-electron chi connectivity index (χ1n) is 5.87. The zero-order valence-corrected chi connectivity index (χ0v) is 13.2. The molecule has 2 aromatic rings. The van der Waals surface area contributed by atoms with Crippen LogP contribution in [0.4, 0.5) is 0 Å². The van der Waals surface area contributed by atoms with E-state index in [9.17, 15) is 8.42 Å². The van der Waals surface area contributed by atoms with Gasteiger partial charge in [-0.25, -0.2) is 8.42 Å². The summed E-state index contributed by atoms with van der Waals surface area (Å²) < 4.78 is 22.8. The lowest BCUT2D eigenvalue weighted by Crippen LogP contribution is -1.98. The minimum Gasteiger partial charge on any atom is -0.326 e. The molecule has 106 valence electrons. The average molecular weight is 328 g/mol. The van der Waals surface area contributed by atoms with Crippen LogP contribution in [0.15, 0.2) is 57.2 Å². The van der Waals surface area contributed by atoms with Gasteiger partial charge in [-0.15, -0.1) is 0 Å². The van der Waals surface area contributed by atoms with Crippen LogP contribution < -0.4 is 5.73 Å². The number of benzene rings is 2. The van der Waals surface area contributed by atoms with E-state index in [0.717, 1.165) is 15.4 Å². The van der Waals surface area contributed by atoms with Crippen molar-refractivity contribution < 1.29 is 8.42 Å². The highest BCUT2D eigenvalue weighted by Crippen LogP contribution is 2.36. The molecule has 6 heteroatoms. The Labute approximate surface area is 128 Å². The Morgan fingerprint density at radius 1 is 1.15 bits per heavy atom. The summed E-state index contributed by atoms with van der Waals surface area (Å²) in [6.07, 6.45) is 1.19. The predicted octanol–water partition coefficient (Wildman–Crippen LogP) is 3.35. The summed E-state index contributed by atoms with van der Waals surface area (Å²) in [5, 5.41) is 0.644. The van der Waals surface area contributed by atoms with Crippen molar-refractivity contribution in [3.63, 3.8) is 0 Å². The molecule has 0 saturated carbocycles. The summed E-state index contributed by atoms with van der Waals surface area (Å²) in [6.45, 7) is 0.407. The second-order valence-electron chi connectivity index (χ2n) is 4.28. The van der Waals surface area contributed by atoms with Crippen LogP contribution in [0.1, 0.15) is 5.56 Å². The van der Waals surface area contributed by atoms with E-state index in [1.807, 2.05) is 18.2 Å². The largest absolute Gasteiger partial charge is 0.326 e. The molecule has 0 radical (unpaired) electrons. The van der Waals surface area contributed by atoms with E-state index >= 15 is 0 Å². The Balaban J connectivity index is 2.32. The molecule has 0 aliphatic heterocycles. The standard InChI is InChI=1S/C14H14ClNO2S2/c1-20(17,18)12-7-5-11(6-8-12)19-14-10(9-16)3-2-4-13(14)15/h2-8H,9,16H2,1H3. The number of hydrogen-bond acceptors (Lipinski definition) is 4. The molecule has 0 spiro atoms. The van der Waals surface area contributed by atoms with Gasteiger partial charge in [-0.1, -0.05) is 35.5 Å². The van der Waals surface area contributed by atoms with Crippen LogP contribution in [0.2, 0.25) is 5.02 Å². The van der Waals surface area contributed by atoms with Gasteiger partial charge in [-0.05, 0) is 35.9 Å². The quantitative estimate of drug-likeness (QED) is 0.935. The summed E-state index contributed by atoms with van der Waals surface area (Å²) in [5.74, 6) is 0. The van der Waals surface area contributed by atoms with Crippen molar-refractivity contribution in [2.45, 2.75) is 21.2 Å². The lowest BCUT2D eigenvalue weighted by atomic mass is 10.2. The van der Waals surface area contributed by atoms with Gasteiger partial charge in [-0.2, -0.15) is 0 Å². The van der Waals surface area contributed by atoms with Crippen LogP contribution in [0.5, 0.6) is 0 Å². The van der Waals surface area contributed by atoms with E-state index in [1.54, 1.807) is 24.3 Å². The molecular formula is C14H14ClNO2S2. The SMILES string of the molecule is CS(=O)(=O)c1ccc(Sc2c(Cl)cccc2CN)cc1. The molecule has 0 unspecified atom stereocenters. The number of hydrogen-bond donors (Lipinski definition) is 1. The molecule has 0 atom stereocenters. The Bertz CT molecular complexity index is 712. The van der Waals surface area contributed by atoms with E-state index in [-0.39, 0.29) is 0 Å². The number of rotatable bonds is 4. The number of halogens is 1. The van der Waals surface area contributed by atoms with Crippen molar-refractivity contribution in [1.29, 1.82) is 0 Å². The zero-order valence-electron chi connectivity index (χ0n) is 10.8. The molecule has 2 N–H and O–H groups in total. The fourth-order valence-electron chi connectivity index (χ4n) is 1.70. The molecule has 0 fully saturated rings. The Morgan fingerprint density at radius 2 is 1.80 bits per heavy atom. The monoisotopic (exact) mass is 327 g/mol. The van der Waals surface area contributed by atoms with Crippen molar-refractivity contribution in [3.05, 3.63) is 53.1 Å². The molecule has 0 saturated heterocycles. The second kappa shape index (κ2) is 6.18. The van der Waals surface area contributed by atoms with Gasteiger partial charge < -0.3 is 5.73 Å². The second-order valence-corrected chi connectivity index (χ2v) is 7.78. The highest BCUT2D eigenvalue weighted by molar-refractivity contribution is 7.99. The van der Waals surface area contributed by atoms with Crippen LogP contribution in [0.3, 0.4) is 0 Å². The van der Waals surface area contributed by atoms with Crippen LogP contribution >= 0.6 is 23.4 Å². The van der Waals surface area contributed by atoms with Gasteiger partial charge in [0.2, 0.25) is 0 Å². The van der Waals surface area contributed by atoms with Crippen LogP contribution in [0, 0.1) is 0 Å². The minimum absolute atomic E-state index is 0.306. The third-order valence-electron chi connectivity index (χ3n) is 2.74. The van der Waals surface area contributed by atoms with Gasteiger partial charge in [0.25, 0.3) is 0 Å². The van der Waals surface area contributed by atoms with Gasteiger partial charge in [0.15, 0.2) is 9.84 Å². The summed E-state index contributed by atoms with van der Waals surface area (Å²) >= 11 is 7.67. The molecule has 2 aromatic carbocycles. The molecule has 0 aliphatic carbocycles. The Hall–Kier alpha value is -1.01. The van der Waals surface area contributed by atoms with Crippen molar-refractivity contribution in [2.75, 3.05) is 6.26 Å². The molecule has 0 amide bonds. The molecule has 2 rings (SSSR count). The van der Waals surface area contributed by atoms with E-state index in [1.165, 1.54) is 18.0 Å². The number of nitrogens with two attached hydrogens (primary N) is 1. The lowest BCUT2D eigenvalue weighted by Gasteiger charge is -2.09. The molecule has 20 heavy (non-hydrogen) atoms. The molecule has 0 bridgehead atoms. The van der Waals surface area contributed by atoms with Gasteiger partial charge in [0.1, 0.15) is 0 Å². The molecule has 0 aliphatic rings. The fraction of sp³-hybridized carbons (Fsp3) is 0.143. The van der Waals surface area contributed by atoms with Gasteiger partial charge in [0, 0.05) is 22.6 Å². The summed E-state index contributed by atoms with van der Waals surface area (Å²) in [6, 6.07) is 12.3. The normalized spacial score (nSPS) is 11.6. The van der Waals surface area contributed by atoms with E-state index < -0.39 is 9.84 Å². The first kappa shape index (κ1) is 15.4. The first-order chi connectivity index (χ1) is 9.41. The Morgan fingerprint density at radius 3 is 2.35 bits per heavy atom. The van der Waals surface area contributed by atoms with Crippen molar-refractivity contribution in [3.8, 4) is 0 Å². The predicted molar refractivity (Wildman–Crippen MR) is 83.0 cm³/mol. The maximum Gasteiger partial charge on any atom is 0.175 e. The average Bonchev–Trinajstić information content (AvgIpc) is 2.40. The van der Waals surface area contributed by atoms with Crippen LogP contribution in [-0.2, 0) is 16.4 Å². The molecular weight excluding hydrogens is 314 g/mol. The molecule has 0 heterocycles. The van der Waals surface area contributed by atoms with Crippen molar-refractivity contribution in [1.82, 2.24) is 0 Å². The topological polar surface area (TPSA) is 60.2 Å². The van der Waals surface area contributed by atoms with Crippen LogP contribution in [-0.4, -0.2) is 14.7 Å². The highest BCUT2D eigenvalue weighted by atomic mass is 35.5. The van der Waals surface area contributed by atoms with Gasteiger partial charge in [-0.3, -0.25) is 0 Å². The van der Waals surface area contributed by atoms with E-state index in [0.29, 0.717) is 16.5 Å². The lowest BCUT2D eigenvalue weighted by molar-refractivity contribution is 0.602. The van der Waals surface area contributed by atoms with Crippen molar-refractivity contribution in [2.24, 2.45) is 5.73 Å². The minimum atomic E-state index is -3.17. The summed E-state index contributed by atoms with van der Waals surface area (Å²) in [7, 11) is -3.17. The van der Waals surface area contributed by atoms with E-state index in [4.69, 9.17) is 17.3 Å².